The van der Waals surface area contributed by atoms with Crippen molar-refractivity contribution in [2.75, 3.05) is 11.9 Å². The Bertz CT molecular complexity index is 521. The lowest BCUT2D eigenvalue weighted by molar-refractivity contribution is -0.116. The van der Waals surface area contributed by atoms with Crippen molar-refractivity contribution in [1.82, 2.24) is 4.72 Å². The van der Waals surface area contributed by atoms with E-state index in [1.165, 1.54) is 12.1 Å². The summed E-state index contributed by atoms with van der Waals surface area (Å²) in [5, 5.41) is 2.73. The molecule has 0 atom stereocenters. The summed E-state index contributed by atoms with van der Waals surface area (Å²) >= 11 is 0. The van der Waals surface area contributed by atoms with Gasteiger partial charge in [0, 0.05) is 18.7 Å². The van der Waals surface area contributed by atoms with Crippen molar-refractivity contribution in [2.45, 2.75) is 32.1 Å². The zero-order chi connectivity index (χ0) is 14.5. The lowest BCUT2D eigenvalue weighted by atomic mass is 10.1. The SMILES string of the molecule is CCNS(=O)(=O)c1ccc(NC(=O)CC(C)C)cc1. The second-order valence-corrected chi connectivity index (χ2v) is 6.44. The number of hydrogen-bond donors (Lipinski definition) is 2. The molecule has 6 heteroatoms. The van der Waals surface area contributed by atoms with Crippen LogP contribution in [0.2, 0.25) is 0 Å². The molecule has 0 aliphatic rings. The van der Waals surface area contributed by atoms with E-state index in [4.69, 9.17) is 0 Å². The van der Waals surface area contributed by atoms with E-state index in [1.54, 1.807) is 19.1 Å². The molecular formula is C13H20N2O3S. The molecule has 1 aromatic rings. The number of anilines is 1. The normalized spacial score (nSPS) is 11.6. The van der Waals surface area contributed by atoms with Crippen molar-refractivity contribution in [2.24, 2.45) is 5.92 Å². The molecule has 2 N–H and O–H groups in total. The maximum absolute atomic E-state index is 11.7. The molecule has 0 saturated heterocycles. The number of nitrogens with one attached hydrogen (secondary N) is 2. The summed E-state index contributed by atoms with van der Waals surface area (Å²) in [5.74, 6) is 0.214. The van der Waals surface area contributed by atoms with Crippen LogP contribution >= 0.6 is 0 Å². The minimum absolute atomic E-state index is 0.0720. The molecule has 0 fully saturated rings. The van der Waals surface area contributed by atoms with E-state index in [2.05, 4.69) is 10.0 Å². The third-order valence-electron chi connectivity index (χ3n) is 2.38. The van der Waals surface area contributed by atoms with Gasteiger partial charge in [0.2, 0.25) is 15.9 Å². The summed E-state index contributed by atoms with van der Waals surface area (Å²) in [6, 6.07) is 6.12. The molecule has 106 valence electrons. The average Bonchev–Trinajstić information content (AvgIpc) is 2.28. The lowest BCUT2D eigenvalue weighted by Gasteiger charge is -2.08. The first-order valence-electron chi connectivity index (χ1n) is 6.24. The molecule has 0 unspecified atom stereocenters. The van der Waals surface area contributed by atoms with Gasteiger partial charge in [0.1, 0.15) is 0 Å². The van der Waals surface area contributed by atoms with Crippen molar-refractivity contribution in [3.63, 3.8) is 0 Å². The van der Waals surface area contributed by atoms with Gasteiger partial charge in [0.05, 0.1) is 4.90 Å². The Kier molecular flexibility index (Phi) is 5.50. The Labute approximate surface area is 114 Å². The van der Waals surface area contributed by atoms with E-state index in [0.717, 1.165) is 0 Å². The quantitative estimate of drug-likeness (QED) is 0.838. The van der Waals surface area contributed by atoms with Gasteiger partial charge in [-0.15, -0.1) is 0 Å². The van der Waals surface area contributed by atoms with Crippen LogP contribution in [-0.2, 0) is 14.8 Å². The van der Waals surface area contributed by atoms with Crippen LogP contribution in [0.3, 0.4) is 0 Å². The summed E-state index contributed by atoms with van der Waals surface area (Å²) < 4.78 is 25.8. The molecular weight excluding hydrogens is 264 g/mol. The van der Waals surface area contributed by atoms with E-state index in [1.807, 2.05) is 13.8 Å². The smallest absolute Gasteiger partial charge is 0.240 e. The van der Waals surface area contributed by atoms with Crippen LogP contribution < -0.4 is 10.0 Å². The Morgan fingerprint density at radius 3 is 2.26 bits per heavy atom. The van der Waals surface area contributed by atoms with Crippen molar-refractivity contribution in [1.29, 1.82) is 0 Å². The molecule has 0 aliphatic carbocycles. The van der Waals surface area contributed by atoms with Crippen LogP contribution in [-0.4, -0.2) is 20.9 Å². The fraction of sp³-hybridized carbons (Fsp3) is 0.462. The molecule has 0 spiro atoms. The summed E-state index contributed by atoms with van der Waals surface area (Å²) in [5.41, 5.74) is 0.598. The molecule has 5 nitrogen and oxygen atoms in total. The van der Waals surface area contributed by atoms with Gasteiger partial charge < -0.3 is 5.32 Å². The van der Waals surface area contributed by atoms with Crippen LogP contribution in [0.25, 0.3) is 0 Å². The number of benzene rings is 1. The van der Waals surface area contributed by atoms with Crippen molar-refractivity contribution >= 4 is 21.6 Å². The first kappa shape index (κ1) is 15.7. The Morgan fingerprint density at radius 2 is 1.79 bits per heavy atom. The third-order valence-corrected chi connectivity index (χ3v) is 3.94. The first-order chi connectivity index (χ1) is 8.85. The van der Waals surface area contributed by atoms with Gasteiger partial charge in [-0.3, -0.25) is 4.79 Å². The van der Waals surface area contributed by atoms with Gasteiger partial charge in [0.25, 0.3) is 0 Å². The predicted molar refractivity (Wildman–Crippen MR) is 75.4 cm³/mol. The van der Waals surface area contributed by atoms with Gasteiger partial charge in [0.15, 0.2) is 0 Å². The molecule has 0 saturated carbocycles. The Balaban J connectivity index is 2.75. The number of carbonyl (C=O) groups is 1. The van der Waals surface area contributed by atoms with Crippen molar-refractivity contribution in [3.05, 3.63) is 24.3 Å². The van der Waals surface area contributed by atoms with E-state index >= 15 is 0 Å². The maximum Gasteiger partial charge on any atom is 0.240 e. The number of carbonyl (C=O) groups excluding carboxylic acids is 1. The molecule has 1 rings (SSSR count). The summed E-state index contributed by atoms with van der Waals surface area (Å²) in [6.07, 6.45) is 0.442. The second kappa shape index (κ2) is 6.68. The van der Waals surface area contributed by atoms with Crippen LogP contribution in [0, 0.1) is 5.92 Å². The van der Waals surface area contributed by atoms with Crippen molar-refractivity contribution < 1.29 is 13.2 Å². The van der Waals surface area contributed by atoms with Crippen LogP contribution in [0.1, 0.15) is 27.2 Å². The Morgan fingerprint density at radius 1 is 1.21 bits per heavy atom. The van der Waals surface area contributed by atoms with E-state index in [-0.39, 0.29) is 16.7 Å². The number of hydrogen-bond acceptors (Lipinski definition) is 3. The number of amides is 1. The highest BCUT2D eigenvalue weighted by atomic mass is 32.2. The topological polar surface area (TPSA) is 75.3 Å². The molecule has 1 aromatic carbocycles. The lowest BCUT2D eigenvalue weighted by Crippen LogP contribution is -2.23. The van der Waals surface area contributed by atoms with Gasteiger partial charge in [-0.2, -0.15) is 0 Å². The number of sulfonamides is 1. The molecule has 0 radical (unpaired) electrons. The maximum atomic E-state index is 11.7. The monoisotopic (exact) mass is 284 g/mol. The zero-order valence-electron chi connectivity index (χ0n) is 11.4. The zero-order valence-corrected chi connectivity index (χ0v) is 12.3. The minimum atomic E-state index is -3.44. The largest absolute Gasteiger partial charge is 0.326 e. The van der Waals surface area contributed by atoms with Gasteiger partial charge >= 0.3 is 0 Å². The van der Waals surface area contributed by atoms with Crippen LogP contribution in [0.15, 0.2) is 29.2 Å². The molecule has 1 amide bonds. The van der Waals surface area contributed by atoms with E-state index < -0.39 is 10.0 Å². The first-order valence-corrected chi connectivity index (χ1v) is 7.73. The van der Waals surface area contributed by atoms with Crippen LogP contribution in [0.5, 0.6) is 0 Å². The predicted octanol–water partition coefficient (Wildman–Crippen LogP) is 1.97. The fourth-order valence-corrected chi connectivity index (χ4v) is 2.61. The van der Waals surface area contributed by atoms with E-state index in [0.29, 0.717) is 18.7 Å². The summed E-state index contributed by atoms with van der Waals surface area (Å²) in [4.78, 5) is 11.8. The van der Waals surface area contributed by atoms with Gasteiger partial charge in [-0.25, -0.2) is 13.1 Å². The molecule has 0 aromatic heterocycles. The summed E-state index contributed by atoms with van der Waals surface area (Å²) in [7, 11) is -3.44. The van der Waals surface area contributed by atoms with Crippen molar-refractivity contribution in [3.8, 4) is 0 Å². The number of rotatable bonds is 6. The van der Waals surface area contributed by atoms with Gasteiger partial charge in [-0.05, 0) is 30.2 Å². The standard InChI is InChI=1S/C13H20N2O3S/c1-4-14-19(17,18)12-7-5-11(6-8-12)15-13(16)9-10(2)3/h5-8,10,14H,4,9H2,1-3H3,(H,15,16). The molecule has 0 aliphatic heterocycles. The fourth-order valence-electron chi connectivity index (χ4n) is 1.57. The minimum Gasteiger partial charge on any atom is -0.326 e. The molecule has 19 heavy (non-hydrogen) atoms. The van der Waals surface area contributed by atoms with E-state index in [9.17, 15) is 13.2 Å². The highest BCUT2D eigenvalue weighted by molar-refractivity contribution is 7.89. The Hall–Kier alpha value is -1.40. The average molecular weight is 284 g/mol. The van der Waals surface area contributed by atoms with Gasteiger partial charge in [-0.1, -0.05) is 20.8 Å². The molecule has 0 bridgehead atoms. The third kappa shape index (κ3) is 5.00. The van der Waals surface area contributed by atoms with Crippen LogP contribution in [0.4, 0.5) is 5.69 Å². The molecule has 0 heterocycles. The summed E-state index contributed by atoms with van der Waals surface area (Å²) in [6.45, 7) is 5.99. The highest BCUT2D eigenvalue weighted by Gasteiger charge is 2.12. The second-order valence-electron chi connectivity index (χ2n) is 4.67. The highest BCUT2D eigenvalue weighted by Crippen LogP contribution is 2.14.